The highest BCUT2D eigenvalue weighted by Gasteiger charge is 2.09. The predicted molar refractivity (Wildman–Crippen MR) is 71.5 cm³/mol. The van der Waals surface area contributed by atoms with Crippen molar-refractivity contribution in [3.05, 3.63) is 46.0 Å². The van der Waals surface area contributed by atoms with Crippen molar-refractivity contribution in [1.29, 1.82) is 0 Å². The number of nitro groups is 1. The van der Waals surface area contributed by atoms with Crippen LogP contribution in [0.4, 0.5) is 5.69 Å². The van der Waals surface area contributed by atoms with E-state index in [1.165, 1.54) is 6.07 Å². The SMILES string of the molecule is O=[N+]([O-])c1ccccc1/C=C/C1=NCCCS1. The third kappa shape index (κ3) is 3.17. The van der Waals surface area contributed by atoms with Gasteiger partial charge in [-0.25, -0.2) is 0 Å². The second-order valence-electron chi connectivity index (χ2n) is 3.57. The third-order valence-electron chi connectivity index (χ3n) is 2.36. The number of nitro benzene ring substituents is 1. The Bertz CT molecular complexity index is 483. The lowest BCUT2D eigenvalue weighted by atomic mass is 10.1. The number of benzene rings is 1. The Hall–Kier alpha value is -1.62. The van der Waals surface area contributed by atoms with Crippen LogP contribution in [-0.4, -0.2) is 22.3 Å². The number of rotatable bonds is 3. The van der Waals surface area contributed by atoms with Crippen LogP contribution in [0.2, 0.25) is 0 Å². The fraction of sp³-hybridized carbons (Fsp3) is 0.250. The van der Waals surface area contributed by atoms with Gasteiger partial charge >= 0.3 is 0 Å². The van der Waals surface area contributed by atoms with E-state index < -0.39 is 0 Å². The maximum Gasteiger partial charge on any atom is 0.276 e. The summed E-state index contributed by atoms with van der Waals surface area (Å²) >= 11 is 1.69. The minimum Gasteiger partial charge on any atom is -0.278 e. The molecular formula is C12H12N2O2S. The molecule has 1 aromatic carbocycles. The van der Waals surface area contributed by atoms with Crippen LogP contribution < -0.4 is 0 Å². The Morgan fingerprint density at radius 3 is 2.88 bits per heavy atom. The van der Waals surface area contributed by atoms with Crippen LogP contribution >= 0.6 is 11.8 Å². The fourth-order valence-corrected chi connectivity index (χ4v) is 2.36. The highest BCUT2D eigenvalue weighted by Crippen LogP contribution is 2.20. The van der Waals surface area contributed by atoms with Gasteiger partial charge in [-0.3, -0.25) is 15.1 Å². The molecule has 0 bridgehead atoms. The molecule has 88 valence electrons. The summed E-state index contributed by atoms with van der Waals surface area (Å²) in [4.78, 5) is 14.8. The van der Waals surface area contributed by atoms with Crippen molar-refractivity contribution in [1.82, 2.24) is 0 Å². The van der Waals surface area contributed by atoms with E-state index in [1.54, 1.807) is 36.0 Å². The summed E-state index contributed by atoms with van der Waals surface area (Å²) in [6.07, 6.45) is 4.72. The van der Waals surface area contributed by atoms with Crippen molar-refractivity contribution in [3.8, 4) is 0 Å². The van der Waals surface area contributed by atoms with E-state index in [1.807, 2.05) is 6.08 Å². The maximum absolute atomic E-state index is 10.8. The van der Waals surface area contributed by atoms with E-state index in [4.69, 9.17) is 0 Å². The molecule has 0 amide bonds. The normalized spacial score (nSPS) is 15.9. The maximum atomic E-state index is 10.8. The van der Waals surface area contributed by atoms with Crippen LogP contribution in [0, 0.1) is 10.1 Å². The lowest BCUT2D eigenvalue weighted by Crippen LogP contribution is -2.00. The monoisotopic (exact) mass is 248 g/mol. The van der Waals surface area contributed by atoms with Gasteiger partial charge in [0.15, 0.2) is 0 Å². The molecule has 0 spiro atoms. The molecular weight excluding hydrogens is 236 g/mol. The van der Waals surface area contributed by atoms with Gasteiger partial charge in [0.2, 0.25) is 0 Å². The van der Waals surface area contributed by atoms with Gasteiger partial charge in [0, 0.05) is 18.4 Å². The number of aliphatic imine (C=N–C) groups is 1. The highest BCUT2D eigenvalue weighted by atomic mass is 32.2. The standard InChI is InChI=1S/C12H12N2O2S/c15-14(16)11-5-2-1-4-10(11)6-7-12-13-8-3-9-17-12/h1-2,4-7H,3,8-9H2/b7-6+. The molecule has 0 fully saturated rings. The summed E-state index contributed by atoms with van der Waals surface area (Å²) in [5, 5.41) is 11.8. The summed E-state index contributed by atoms with van der Waals surface area (Å²) in [6, 6.07) is 6.71. The number of nitrogens with zero attached hydrogens (tertiary/aromatic N) is 2. The van der Waals surface area contributed by atoms with Gasteiger partial charge in [-0.15, -0.1) is 11.8 Å². The number of para-hydroxylation sites is 1. The quantitative estimate of drug-likeness (QED) is 0.610. The van der Waals surface area contributed by atoms with Gasteiger partial charge in [0.05, 0.1) is 15.5 Å². The first-order valence-electron chi connectivity index (χ1n) is 5.36. The number of hydrogen-bond donors (Lipinski definition) is 0. The summed E-state index contributed by atoms with van der Waals surface area (Å²) < 4.78 is 0. The molecule has 0 saturated heterocycles. The lowest BCUT2D eigenvalue weighted by molar-refractivity contribution is -0.385. The fourth-order valence-electron chi connectivity index (χ4n) is 1.53. The second kappa shape index (κ2) is 5.63. The van der Waals surface area contributed by atoms with Crippen LogP contribution in [0.1, 0.15) is 12.0 Å². The van der Waals surface area contributed by atoms with E-state index >= 15 is 0 Å². The zero-order chi connectivity index (χ0) is 12.1. The van der Waals surface area contributed by atoms with E-state index in [9.17, 15) is 10.1 Å². The van der Waals surface area contributed by atoms with Crippen molar-refractivity contribution >= 4 is 28.6 Å². The molecule has 0 radical (unpaired) electrons. The molecule has 0 N–H and O–H groups in total. The predicted octanol–water partition coefficient (Wildman–Crippen LogP) is 3.14. The zero-order valence-corrected chi connectivity index (χ0v) is 10.0. The molecule has 1 aromatic rings. The van der Waals surface area contributed by atoms with E-state index in [2.05, 4.69) is 4.99 Å². The van der Waals surface area contributed by atoms with Gasteiger partial charge in [0.1, 0.15) is 0 Å². The summed E-state index contributed by atoms with van der Waals surface area (Å²) in [5.74, 6) is 1.07. The van der Waals surface area contributed by atoms with Crippen LogP contribution in [0.25, 0.3) is 6.08 Å². The summed E-state index contributed by atoms with van der Waals surface area (Å²) in [5.41, 5.74) is 0.747. The molecule has 1 aliphatic heterocycles. The smallest absolute Gasteiger partial charge is 0.276 e. The molecule has 5 heteroatoms. The largest absolute Gasteiger partial charge is 0.278 e. The van der Waals surface area contributed by atoms with Crippen LogP contribution in [-0.2, 0) is 0 Å². The van der Waals surface area contributed by atoms with Gasteiger partial charge in [0.25, 0.3) is 5.69 Å². The number of hydrogen-bond acceptors (Lipinski definition) is 4. The first-order chi connectivity index (χ1) is 8.27. The van der Waals surface area contributed by atoms with Crippen molar-refractivity contribution in [2.24, 2.45) is 4.99 Å². The molecule has 1 heterocycles. The number of thioether (sulfide) groups is 1. The van der Waals surface area contributed by atoms with Crippen LogP contribution in [0.15, 0.2) is 35.3 Å². The van der Waals surface area contributed by atoms with Gasteiger partial charge in [-0.1, -0.05) is 12.1 Å². The minimum absolute atomic E-state index is 0.130. The van der Waals surface area contributed by atoms with Crippen molar-refractivity contribution in [2.45, 2.75) is 6.42 Å². The Balaban J connectivity index is 2.20. The Morgan fingerprint density at radius 1 is 1.35 bits per heavy atom. The molecule has 1 aliphatic rings. The van der Waals surface area contributed by atoms with Crippen molar-refractivity contribution < 1.29 is 4.92 Å². The van der Waals surface area contributed by atoms with Crippen LogP contribution in [0.5, 0.6) is 0 Å². The van der Waals surface area contributed by atoms with E-state index in [-0.39, 0.29) is 10.6 Å². The molecule has 4 nitrogen and oxygen atoms in total. The molecule has 0 atom stereocenters. The van der Waals surface area contributed by atoms with Crippen LogP contribution in [0.3, 0.4) is 0 Å². The lowest BCUT2D eigenvalue weighted by Gasteiger charge is -2.06. The minimum atomic E-state index is -0.366. The Morgan fingerprint density at radius 2 is 2.18 bits per heavy atom. The first kappa shape index (κ1) is 11.9. The summed E-state index contributed by atoms with van der Waals surface area (Å²) in [6.45, 7) is 0.851. The van der Waals surface area contributed by atoms with Gasteiger partial charge in [-0.05, 0) is 24.6 Å². The highest BCUT2D eigenvalue weighted by molar-refractivity contribution is 8.14. The first-order valence-corrected chi connectivity index (χ1v) is 6.35. The zero-order valence-electron chi connectivity index (χ0n) is 9.20. The molecule has 0 saturated carbocycles. The average Bonchev–Trinajstić information content (AvgIpc) is 2.38. The Kier molecular flexibility index (Phi) is 3.93. The third-order valence-corrected chi connectivity index (χ3v) is 3.41. The van der Waals surface area contributed by atoms with Gasteiger partial charge in [-0.2, -0.15) is 0 Å². The summed E-state index contributed by atoms with van der Waals surface area (Å²) in [7, 11) is 0. The average molecular weight is 248 g/mol. The van der Waals surface area contributed by atoms with Crippen molar-refractivity contribution in [2.75, 3.05) is 12.3 Å². The Labute approximate surface area is 104 Å². The molecule has 2 rings (SSSR count). The second-order valence-corrected chi connectivity index (χ2v) is 4.69. The molecule has 0 aromatic heterocycles. The van der Waals surface area contributed by atoms with Gasteiger partial charge < -0.3 is 0 Å². The molecule has 0 aliphatic carbocycles. The topological polar surface area (TPSA) is 55.5 Å². The van der Waals surface area contributed by atoms with E-state index in [0.717, 1.165) is 23.8 Å². The van der Waals surface area contributed by atoms with Crippen molar-refractivity contribution in [3.63, 3.8) is 0 Å². The molecule has 0 unspecified atom stereocenters. The molecule has 17 heavy (non-hydrogen) atoms. The van der Waals surface area contributed by atoms with E-state index in [0.29, 0.717) is 5.56 Å².